The Bertz CT molecular complexity index is 562. The third-order valence-corrected chi connectivity index (χ3v) is 3.64. The van der Waals surface area contributed by atoms with Crippen LogP contribution in [0.25, 0.3) is 0 Å². The van der Waals surface area contributed by atoms with Crippen LogP contribution in [0, 0.1) is 11.7 Å². The fraction of sp³-hybridized carbons (Fsp3) is 0.429. The fourth-order valence-electron chi connectivity index (χ4n) is 2.46. The van der Waals surface area contributed by atoms with Gasteiger partial charge in [-0.15, -0.1) is 0 Å². The van der Waals surface area contributed by atoms with Crippen LogP contribution in [-0.2, 0) is 0 Å². The molecule has 114 valence electrons. The van der Waals surface area contributed by atoms with E-state index in [-0.39, 0.29) is 23.4 Å². The van der Waals surface area contributed by atoms with Gasteiger partial charge in [-0.1, -0.05) is 5.16 Å². The second-order valence-corrected chi connectivity index (χ2v) is 4.96. The summed E-state index contributed by atoms with van der Waals surface area (Å²) in [4.78, 5) is 14.1. The molecule has 0 spiro atoms. The second-order valence-electron chi connectivity index (χ2n) is 4.96. The van der Waals surface area contributed by atoms with Gasteiger partial charge in [0.05, 0.1) is 7.11 Å². The van der Waals surface area contributed by atoms with Crippen molar-refractivity contribution in [2.75, 3.05) is 20.2 Å². The molecule has 0 saturated carbocycles. The summed E-state index contributed by atoms with van der Waals surface area (Å²) >= 11 is 0. The number of nitrogens with two attached hydrogens (primary N) is 1. The van der Waals surface area contributed by atoms with E-state index in [1.54, 1.807) is 4.90 Å². The van der Waals surface area contributed by atoms with Crippen LogP contribution in [0.4, 0.5) is 4.39 Å². The first kappa shape index (κ1) is 15.1. The Morgan fingerprint density at radius 1 is 1.57 bits per heavy atom. The van der Waals surface area contributed by atoms with Crippen molar-refractivity contribution in [3.8, 4) is 5.75 Å². The van der Waals surface area contributed by atoms with Crippen LogP contribution in [0.2, 0.25) is 0 Å². The van der Waals surface area contributed by atoms with E-state index in [4.69, 9.17) is 15.7 Å². The van der Waals surface area contributed by atoms with Crippen molar-refractivity contribution in [1.82, 2.24) is 4.90 Å². The number of likely N-dealkylation sites (tertiary alicyclic amines) is 1. The van der Waals surface area contributed by atoms with E-state index in [0.717, 1.165) is 12.8 Å². The first-order valence-corrected chi connectivity index (χ1v) is 6.67. The number of methoxy groups -OCH3 is 1. The van der Waals surface area contributed by atoms with Crippen LogP contribution in [0.1, 0.15) is 23.2 Å². The van der Waals surface area contributed by atoms with Crippen molar-refractivity contribution in [2.45, 2.75) is 12.8 Å². The average molecular weight is 295 g/mol. The van der Waals surface area contributed by atoms with Gasteiger partial charge >= 0.3 is 0 Å². The molecule has 1 aliphatic heterocycles. The predicted molar refractivity (Wildman–Crippen MR) is 75.0 cm³/mol. The van der Waals surface area contributed by atoms with Crippen LogP contribution in [0.3, 0.4) is 0 Å². The number of hydrogen-bond acceptors (Lipinski definition) is 4. The first-order chi connectivity index (χ1) is 10.1. The fourth-order valence-corrected chi connectivity index (χ4v) is 2.46. The Balaban J connectivity index is 2.16. The minimum Gasteiger partial charge on any atom is -0.494 e. The van der Waals surface area contributed by atoms with E-state index >= 15 is 0 Å². The number of rotatable bonds is 3. The molecule has 1 atom stereocenters. The minimum absolute atomic E-state index is 0.0332. The van der Waals surface area contributed by atoms with Gasteiger partial charge in [0, 0.05) is 24.6 Å². The van der Waals surface area contributed by atoms with Gasteiger partial charge in [-0.2, -0.15) is 0 Å². The Morgan fingerprint density at radius 2 is 2.33 bits per heavy atom. The SMILES string of the molecule is COc1cc(C(=O)N2CCCC(/C(N)=N/O)C2)ccc1F. The smallest absolute Gasteiger partial charge is 0.254 e. The van der Waals surface area contributed by atoms with Gasteiger partial charge in [0.2, 0.25) is 0 Å². The molecule has 6 nitrogen and oxygen atoms in total. The monoisotopic (exact) mass is 295 g/mol. The van der Waals surface area contributed by atoms with Crippen LogP contribution < -0.4 is 10.5 Å². The number of oxime groups is 1. The topological polar surface area (TPSA) is 88.2 Å². The van der Waals surface area contributed by atoms with Crippen molar-refractivity contribution in [1.29, 1.82) is 0 Å². The molecule has 1 unspecified atom stereocenters. The van der Waals surface area contributed by atoms with Crippen molar-refractivity contribution in [2.24, 2.45) is 16.8 Å². The normalized spacial score (nSPS) is 19.4. The molecule has 0 aromatic heterocycles. The number of benzene rings is 1. The van der Waals surface area contributed by atoms with Crippen molar-refractivity contribution in [3.05, 3.63) is 29.6 Å². The van der Waals surface area contributed by atoms with E-state index in [2.05, 4.69) is 5.16 Å². The van der Waals surface area contributed by atoms with Gasteiger partial charge in [0.15, 0.2) is 11.6 Å². The highest BCUT2D eigenvalue weighted by Crippen LogP contribution is 2.22. The summed E-state index contributed by atoms with van der Waals surface area (Å²) in [6.45, 7) is 0.974. The molecule has 1 amide bonds. The lowest BCUT2D eigenvalue weighted by Gasteiger charge is -2.32. The summed E-state index contributed by atoms with van der Waals surface area (Å²) < 4.78 is 18.3. The van der Waals surface area contributed by atoms with Crippen LogP contribution >= 0.6 is 0 Å². The van der Waals surface area contributed by atoms with Gasteiger partial charge in [0.1, 0.15) is 5.84 Å². The van der Waals surface area contributed by atoms with Crippen LogP contribution in [0.15, 0.2) is 23.4 Å². The zero-order chi connectivity index (χ0) is 15.4. The highest BCUT2D eigenvalue weighted by molar-refractivity contribution is 5.95. The molecule has 2 rings (SSSR count). The van der Waals surface area contributed by atoms with E-state index in [9.17, 15) is 9.18 Å². The summed E-state index contributed by atoms with van der Waals surface area (Å²) in [7, 11) is 1.35. The predicted octanol–water partition coefficient (Wildman–Crippen LogP) is 1.43. The van der Waals surface area contributed by atoms with E-state index in [0.29, 0.717) is 18.7 Å². The number of nitrogens with zero attached hydrogens (tertiary/aromatic N) is 2. The number of ether oxygens (including phenoxy) is 1. The number of halogens is 1. The Kier molecular flexibility index (Phi) is 4.62. The number of hydrogen-bond donors (Lipinski definition) is 2. The molecule has 1 aromatic rings. The molecular formula is C14H18FN3O3. The van der Waals surface area contributed by atoms with Gasteiger partial charge in [-0.3, -0.25) is 4.79 Å². The number of carbonyl (C=O) groups excluding carboxylic acids is 1. The molecule has 0 radical (unpaired) electrons. The molecule has 1 aliphatic rings. The van der Waals surface area contributed by atoms with Crippen molar-refractivity contribution < 1.29 is 19.1 Å². The molecule has 7 heteroatoms. The number of carbonyl (C=O) groups is 1. The lowest BCUT2D eigenvalue weighted by atomic mass is 9.96. The molecule has 1 heterocycles. The largest absolute Gasteiger partial charge is 0.494 e. The quantitative estimate of drug-likeness (QED) is 0.382. The zero-order valence-corrected chi connectivity index (χ0v) is 11.8. The summed E-state index contributed by atoms with van der Waals surface area (Å²) in [6, 6.07) is 4.01. The molecule has 21 heavy (non-hydrogen) atoms. The number of amides is 1. The Hall–Kier alpha value is -2.31. The summed E-state index contributed by atoms with van der Waals surface area (Å²) in [5, 5.41) is 11.7. The van der Waals surface area contributed by atoms with E-state index in [1.807, 2.05) is 0 Å². The lowest BCUT2D eigenvalue weighted by Crippen LogP contribution is -2.44. The average Bonchev–Trinajstić information content (AvgIpc) is 2.54. The standard InChI is InChI=1S/C14H18FN3O3/c1-21-12-7-9(4-5-11(12)15)14(19)18-6-2-3-10(8-18)13(16)17-20/h4-5,7,10,20H,2-3,6,8H2,1H3,(H2,16,17). The second kappa shape index (κ2) is 6.43. The van der Waals surface area contributed by atoms with Crippen LogP contribution in [-0.4, -0.2) is 42.0 Å². The van der Waals surface area contributed by atoms with Gasteiger partial charge in [-0.05, 0) is 31.0 Å². The molecular weight excluding hydrogens is 277 g/mol. The number of amidine groups is 1. The van der Waals surface area contributed by atoms with Gasteiger partial charge in [0.25, 0.3) is 5.91 Å². The molecule has 0 bridgehead atoms. The minimum atomic E-state index is -0.512. The maximum atomic E-state index is 13.4. The number of piperidine rings is 1. The highest BCUT2D eigenvalue weighted by Gasteiger charge is 2.27. The lowest BCUT2D eigenvalue weighted by molar-refractivity contribution is 0.0701. The third-order valence-electron chi connectivity index (χ3n) is 3.64. The Morgan fingerprint density at radius 3 is 3.00 bits per heavy atom. The molecule has 1 saturated heterocycles. The summed E-state index contributed by atoms with van der Waals surface area (Å²) in [5.41, 5.74) is 5.96. The summed E-state index contributed by atoms with van der Waals surface area (Å²) in [6.07, 6.45) is 1.54. The van der Waals surface area contributed by atoms with Gasteiger partial charge < -0.3 is 20.6 Å². The van der Waals surface area contributed by atoms with Crippen LogP contribution in [0.5, 0.6) is 5.75 Å². The van der Waals surface area contributed by atoms with E-state index in [1.165, 1.54) is 25.3 Å². The van der Waals surface area contributed by atoms with Crippen molar-refractivity contribution in [3.63, 3.8) is 0 Å². The summed E-state index contributed by atoms with van der Waals surface area (Å²) in [5.74, 6) is -0.726. The zero-order valence-electron chi connectivity index (χ0n) is 11.8. The highest BCUT2D eigenvalue weighted by atomic mass is 19.1. The maximum absolute atomic E-state index is 13.4. The maximum Gasteiger partial charge on any atom is 0.254 e. The Labute approximate surface area is 122 Å². The molecule has 0 aliphatic carbocycles. The van der Waals surface area contributed by atoms with E-state index < -0.39 is 5.82 Å². The van der Waals surface area contributed by atoms with Gasteiger partial charge in [-0.25, -0.2) is 4.39 Å². The third kappa shape index (κ3) is 3.24. The van der Waals surface area contributed by atoms with Crippen molar-refractivity contribution >= 4 is 11.7 Å². The molecule has 3 N–H and O–H groups in total. The first-order valence-electron chi connectivity index (χ1n) is 6.67. The molecule has 1 fully saturated rings. The molecule has 1 aromatic carbocycles.